The van der Waals surface area contributed by atoms with Gasteiger partial charge in [-0.05, 0) is 30.7 Å². The van der Waals surface area contributed by atoms with Gasteiger partial charge < -0.3 is 0 Å². The zero-order valence-corrected chi connectivity index (χ0v) is 13.0. The minimum atomic E-state index is -0.397. The topological polar surface area (TPSA) is 70.1 Å². The van der Waals surface area contributed by atoms with Crippen molar-refractivity contribution >= 4 is 11.6 Å². The largest absolute Gasteiger partial charge is 0.289 e. The molecule has 0 bridgehead atoms. The zero-order chi connectivity index (χ0) is 16.9. The summed E-state index contributed by atoms with van der Waals surface area (Å²) in [6.45, 7) is 1.73. The molecule has 120 valence electrons. The van der Waals surface area contributed by atoms with Crippen molar-refractivity contribution in [3.05, 3.63) is 77.7 Å². The number of H-pyrrole nitrogens is 1. The van der Waals surface area contributed by atoms with E-state index in [-0.39, 0.29) is 5.82 Å². The van der Waals surface area contributed by atoms with Crippen LogP contribution in [0.5, 0.6) is 0 Å². The molecule has 24 heavy (non-hydrogen) atoms. The van der Waals surface area contributed by atoms with E-state index in [9.17, 15) is 9.18 Å². The summed E-state index contributed by atoms with van der Waals surface area (Å²) in [5.74, 6) is -0.715. The highest BCUT2D eigenvalue weighted by Gasteiger charge is 2.10. The third-order valence-corrected chi connectivity index (χ3v) is 3.48. The summed E-state index contributed by atoms with van der Waals surface area (Å²) in [6, 6.07) is 17.1. The van der Waals surface area contributed by atoms with E-state index in [4.69, 9.17) is 0 Å². The van der Waals surface area contributed by atoms with Gasteiger partial charge in [0.05, 0.1) is 11.4 Å². The lowest BCUT2D eigenvalue weighted by molar-refractivity contribution is 0.0950. The fraction of sp³-hybridized carbons (Fsp3) is 0.0556. The molecule has 3 aromatic rings. The van der Waals surface area contributed by atoms with Crippen LogP contribution >= 0.6 is 0 Å². The molecule has 0 saturated carbocycles. The summed E-state index contributed by atoms with van der Waals surface area (Å²) in [6.07, 6.45) is 0. The Labute approximate surface area is 138 Å². The number of nitrogens with one attached hydrogen (secondary N) is 2. The van der Waals surface area contributed by atoms with E-state index in [1.807, 2.05) is 30.3 Å². The number of rotatable bonds is 4. The van der Waals surface area contributed by atoms with Crippen LogP contribution in [0.3, 0.4) is 0 Å². The molecule has 0 aliphatic carbocycles. The van der Waals surface area contributed by atoms with Crippen molar-refractivity contribution < 1.29 is 9.18 Å². The average Bonchev–Trinajstić information content (AvgIpc) is 3.11. The number of aromatic nitrogens is 2. The quantitative estimate of drug-likeness (QED) is 0.571. The van der Waals surface area contributed by atoms with Crippen LogP contribution in [0.4, 0.5) is 4.39 Å². The number of hydrogen-bond donors (Lipinski definition) is 2. The predicted molar refractivity (Wildman–Crippen MR) is 90.1 cm³/mol. The van der Waals surface area contributed by atoms with Crippen LogP contribution in [-0.2, 0) is 0 Å². The maximum absolute atomic E-state index is 12.9. The molecule has 0 aliphatic heterocycles. The number of hydrazone groups is 1. The molecule has 1 amide bonds. The summed E-state index contributed by atoms with van der Waals surface area (Å²) in [7, 11) is 0. The lowest BCUT2D eigenvalue weighted by Crippen LogP contribution is -2.19. The summed E-state index contributed by atoms with van der Waals surface area (Å²) >= 11 is 0. The van der Waals surface area contributed by atoms with Gasteiger partial charge in [0.15, 0.2) is 0 Å². The first-order valence-electron chi connectivity index (χ1n) is 7.35. The predicted octanol–water partition coefficient (Wildman–Crippen LogP) is 3.37. The third-order valence-electron chi connectivity index (χ3n) is 3.48. The van der Waals surface area contributed by atoms with Gasteiger partial charge in [-0.2, -0.15) is 10.2 Å². The number of aromatic amines is 1. The molecule has 1 heterocycles. The lowest BCUT2D eigenvalue weighted by Gasteiger charge is -2.01. The Morgan fingerprint density at radius 2 is 1.83 bits per heavy atom. The van der Waals surface area contributed by atoms with Crippen LogP contribution in [0.25, 0.3) is 11.3 Å². The maximum atomic E-state index is 12.9. The molecule has 1 aromatic heterocycles. The highest BCUT2D eigenvalue weighted by Crippen LogP contribution is 2.16. The van der Waals surface area contributed by atoms with Crippen molar-refractivity contribution in [1.29, 1.82) is 0 Å². The molecule has 2 aromatic carbocycles. The number of benzene rings is 2. The van der Waals surface area contributed by atoms with Gasteiger partial charge in [-0.3, -0.25) is 9.89 Å². The fourth-order valence-corrected chi connectivity index (χ4v) is 2.15. The smallest absolute Gasteiger partial charge is 0.272 e. The number of amides is 1. The molecule has 0 unspecified atom stereocenters. The summed E-state index contributed by atoms with van der Waals surface area (Å²) in [4.78, 5) is 12.1. The van der Waals surface area contributed by atoms with Gasteiger partial charge >= 0.3 is 0 Å². The van der Waals surface area contributed by atoms with Crippen molar-refractivity contribution in [2.75, 3.05) is 0 Å². The van der Waals surface area contributed by atoms with E-state index in [0.717, 1.165) is 11.1 Å². The summed E-state index contributed by atoms with van der Waals surface area (Å²) in [5, 5.41) is 10.8. The minimum Gasteiger partial charge on any atom is -0.272 e. The first-order chi connectivity index (χ1) is 11.6. The molecule has 0 atom stereocenters. The van der Waals surface area contributed by atoms with E-state index in [1.54, 1.807) is 25.1 Å². The second kappa shape index (κ2) is 6.87. The van der Waals surface area contributed by atoms with Gasteiger partial charge in [-0.15, -0.1) is 0 Å². The number of carbonyl (C=O) groups excluding carboxylic acids is 1. The molecule has 6 heteroatoms. The molecule has 0 fully saturated rings. The molecule has 0 saturated heterocycles. The molecule has 0 aliphatic rings. The van der Waals surface area contributed by atoms with Crippen molar-refractivity contribution in [2.45, 2.75) is 6.92 Å². The van der Waals surface area contributed by atoms with Gasteiger partial charge in [-0.25, -0.2) is 9.82 Å². The Bertz CT molecular complexity index is 870. The third kappa shape index (κ3) is 3.55. The van der Waals surface area contributed by atoms with Crippen LogP contribution < -0.4 is 5.43 Å². The van der Waals surface area contributed by atoms with Crippen molar-refractivity contribution in [3.8, 4) is 11.3 Å². The van der Waals surface area contributed by atoms with E-state index < -0.39 is 5.91 Å². The van der Waals surface area contributed by atoms with Crippen LogP contribution in [0.15, 0.2) is 65.8 Å². The number of hydrogen-bond acceptors (Lipinski definition) is 3. The molecular weight excluding hydrogens is 307 g/mol. The Hall–Kier alpha value is -3.28. The van der Waals surface area contributed by atoms with E-state index in [0.29, 0.717) is 17.1 Å². The maximum Gasteiger partial charge on any atom is 0.289 e. The highest BCUT2D eigenvalue weighted by molar-refractivity contribution is 6.00. The van der Waals surface area contributed by atoms with E-state index in [2.05, 4.69) is 20.7 Å². The first-order valence-corrected chi connectivity index (χ1v) is 7.35. The van der Waals surface area contributed by atoms with Crippen LogP contribution in [0, 0.1) is 5.82 Å². The summed E-state index contributed by atoms with van der Waals surface area (Å²) < 4.78 is 12.9. The molecule has 3 rings (SSSR count). The first kappa shape index (κ1) is 15.6. The monoisotopic (exact) mass is 322 g/mol. The Morgan fingerprint density at radius 1 is 1.12 bits per heavy atom. The Morgan fingerprint density at radius 3 is 2.54 bits per heavy atom. The average molecular weight is 322 g/mol. The summed E-state index contributed by atoms with van der Waals surface area (Å²) in [5.41, 5.74) is 5.67. The Balaban J connectivity index is 1.70. The van der Waals surface area contributed by atoms with E-state index in [1.165, 1.54) is 12.1 Å². The molecule has 0 spiro atoms. The molecule has 5 nitrogen and oxygen atoms in total. The highest BCUT2D eigenvalue weighted by atomic mass is 19.1. The van der Waals surface area contributed by atoms with E-state index >= 15 is 0 Å². The SMILES string of the molecule is C/C(=N\NC(=O)c1cc(-c2ccccc2)n[nH]1)c1ccc(F)cc1. The minimum absolute atomic E-state index is 0.310. The number of carbonyl (C=O) groups is 1. The molecular formula is C18H15FN4O. The van der Waals surface area contributed by atoms with Gasteiger partial charge in [0.2, 0.25) is 0 Å². The van der Waals surface area contributed by atoms with Crippen molar-refractivity contribution in [1.82, 2.24) is 15.6 Å². The second-order valence-corrected chi connectivity index (χ2v) is 5.18. The zero-order valence-electron chi connectivity index (χ0n) is 13.0. The second-order valence-electron chi connectivity index (χ2n) is 5.18. The van der Waals surface area contributed by atoms with Crippen LogP contribution in [-0.4, -0.2) is 21.8 Å². The van der Waals surface area contributed by atoms with Crippen molar-refractivity contribution in [3.63, 3.8) is 0 Å². The fourth-order valence-electron chi connectivity index (χ4n) is 2.15. The van der Waals surface area contributed by atoms with Crippen molar-refractivity contribution in [2.24, 2.45) is 5.10 Å². The van der Waals surface area contributed by atoms with Crippen LogP contribution in [0.2, 0.25) is 0 Å². The molecule has 0 radical (unpaired) electrons. The number of halogens is 1. The van der Waals surface area contributed by atoms with Crippen LogP contribution in [0.1, 0.15) is 23.0 Å². The number of nitrogens with zero attached hydrogens (tertiary/aromatic N) is 2. The van der Waals surface area contributed by atoms with Gasteiger partial charge in [0.1, 0.15) is 11.5 Å². The Kier molecular flexibility index (Phi) is 4.47. The molecule has 2 N–H and O–H groups in total. The van der Waals surface area contributed by atoms with Gasteiger partial charge in [0.25, 0.3) is 5.91 Å². The van der Waals surface area contributed by atoms with Gasteiger partial charge in [-0.1, -0.05) is 42.5 Å². The standard InChI is InChI=1S/C18H15FN4O/c1-12(13-7-9-15(19)10-8-13)20-23-18(24)17-11-16(21-22-17)14-5-3-2-4-6-14/h2-11H,1H3,(H,21,22)(H,23,24)/b20-12+. The van der Waals surface area contributed by atoms with Gasteiger partial charge in [0, 0.05) is 5.56 Å². The lowest BCUT2D eigenvalue weighted by atomic mass is 10.1. The normalized spacial score (nSPS) is 11.3.